The molecule has 2 heterocycles. The zero-order valence-corrected chi connectivity index (χ0v) is 11.7. The molecular weight excluding hydrogens is 288 g/mol. The summed E-state index contributed by atoms with van der Waals surface area (Å²) >= 11 is 4.98. The molecule has 1 atom stereocenters. The zero-order chi connectivity index (χ0) is 11.5. The third-order valence-electron chi connectivity index (χ3n) is 2.90. The van der Waals surface area contributed by atoms with Crippen LogP contribution in [0, 0.1) is 6.92 Å². The van der Waals surface area contributed by atoms with Crippen LogP contribution in [0.1, 0.15) is 33.9 Å². The topological polar surface area (TPSA) is 33.2 Å². The van der Waals surface area contributed by atoms with E-state index in [0.717, 1.165) is 34.6 Å². The standard InChI is InChI=1S/C11H15BrN2OS/c1-8-13-7-10(16-8)11(15)14-5-3-2-4-9(14)6-12/h7,9H,2-6H2,1H3. The minimum absolute atomic E-state index is 0.148. The molecular formula is C11H15BrN2OS. The highest BCUT2D eigenvalue weighted by Crippen LogP contribution is 2.23. The number of hydrogen-bond donors (Lipinski definition) is 0. The number of thiazole rings is 1. The van der Waals surface area contributed by atoms with Gasteiger partial charge in [-0.15, -0.1) is 11.3 Å². The highest BCUT2D eigenvalue weighted by molar-refractivity contribution is 9.09. The molecule has 1 aliphatic heterocycles. The lowest BCUT2D eigenvalue weighted by Crippen LogP contribution is -2.44. The number of nitrogens with zero attached hydrogens (tertiary/aromatic N) is 2. The van der Waals surface area contributed by atoms with Crippen molar-refractivity contribution in [2.75, 3.05) is 11.9 Å². The van der Waals surface area contributed by atoms with Gasteiger partial charge in [-0.3, -0.25) is 4.79 Å². The third kappa shape index (κ3) is 2.46. The van der Waals surface area contributed by atoms with E-state index >= 15 is 0 Å². The van der Waals surface area contributed by atoms with Crippen molar-refractivity contribution in [2.45, 2.75) is 32.2 Å². The molecule has 3 nitrogen and oxygen atoms in total. The summed E-state index contributed by atoms with van der Waals surface area (Å²) in [6.45, 7) is 2.81. The lowest BCUT2D eigenvalue weighted by molar-refractivity contribution is 0.0646. The van der Waals surface area contributed by atoms with Crippen LogP contribution in [-0.2, 0) is 0 Å². The molecule has 88 valence electrons. The molecule has 1 saturated heterocycles. The maximum absolute atomic E-state index is 12.3. The second kappa shape index (κ2) is 5.27. The van der Waals surface area contributed by atoms with Crippen LogP contribution in [0.5, 0.6) is 0 Å². The van der Waals surface area contributed by atoms with Gasteiger partial charge in [-0.2, -0.15) is 0 Å². The molecule has 1 aromatic rings. The number of amides is 1. The Hall–Kier alpha value is -0.420. The number of aryl methyl sites for hydroxylation is 1. The molecule has 1 aromatic heterocycles. The van der Waals surface area contributed by atoms with Gasteiger partial charge in [-0.25, -0.2) is 4.98 Å². The summed E-state index contributed by atoms with van der Waals surface area (Å²) in [4.78, 5) is 19.2. The summed E-state index contributed by atoms with van der Waals surface area (Å²) in [5.74, 6) is 0.148. The van der Waals surface area contributed by atoms with E-state index in [0.29, 0.717) is 6.04 Å². The van der Waals surface area contributed by atoms with Gasteiger partial charge in [0.1, 0.15) is 4.88 Å². The second-order valence-electron chi connectivity index (χ2n) is 4.05. The van der Waals surface area contributed by atoms with E-state index in [1.807, 2.05) is 11.8 Å². The van der Waals surface area contributed by atoms with Crippen molar-refractivity contribution in [1.29, 1.82) is 0 Å². The number of carbonyl (C=O) groups is 1. The summed E-state index contributed by atoms with van der Waals surface area (Å²) in [5.41, 5.74) is 0. The van der Waals surface area contributed by atoms with Crippen LogP contribution in [0.15, 0.2) is 6.20 Å². The van der Waals surface area contributed by atoms with Crippen molar-refractivity contribution in [1.82, 2.24) is 9.88 Å². The Morgan fingerprint density at radius 1 is 1.69 bits per heavy atom. The van der Waals surface area contributed by atoms with Crippen LogP contribution < -0.4 is 0 Å². The van der Waals surface area contributed by atoms with E-state index in [1.54, 1.807) is 6.20 Å². The van der Waals surface area contributed by atoms with Gasteiger partial charge >= 0.3 is 0 Å². The zero-order valence-electron chi connectivity index (χ0n) is 9.28. The molecule has 0 bridgehead atoms. The fourth-order valence-electron chi connectivity index (χ4n) is 2.03. The number of halogens is 1. The normalized spacial score (nSPS) is 21.1. The lowest BCUT2D eigenvalue weighted by Gasteiger charge is -2.34. The monoisotopic (exact) mass is 302 g/mol. The van der Waals surface area contributed by atoms with Gasteiger partial charge < -0.3 is 4.90 Å². The van der Waals surface area contributed by atoms with Gasteiger partial charge in [0.2, 0.25) is 0 Å². The number of alkyl halides is 1. The van der Waals surface area contributed by atoms with Crippen LogP contribution in [0.2, 0.25) is 0 Å². The predicted molar refractivity (Wildman–Crippen MR) is 69.3 cm³/mol. The number of piperidine rings is 1. The molecule has 2 rings (SSSR count). The number of aromatic nitrogens is 1. The van der Waals surface area contributed by atoms with Gasteiger partial charge in [-0.1, -0.05) is 15.9 Å². The largest absolute Gasteiger partial charge is 0.334 e. The molecule has 5 heteroatoms. The van der Waals surface area contributed by atoms with Crippen LogP contribution in [0.3, 0.4) is 0 Å². The molecule has 16 heavy (non-hydrogen) atoms. The first-order valence-corrected chi connectivity index (χ1v) is 7.45. The molecule has 0 saturated carbocycles. The van der Waals surface area contributed by atoms with Crippen molar-refractivity contribution < 1.29 is 4.79 Å². The Bertz CT molecular complexity index is 380. The molecule has 1 aliphatic rings. The Labute approximate surface area is 108 Å². The maximum atomic E-state index is 12.3. The van der Waals surface area contributed by atoms with Crippen molar-refractivity contribution >= 4 is 33.2 Å². The SMILES string of the molecule is Cc1ncc(C(=O)N2CCCCC2CBr)s1. The highest BCUT2D eigenvalue weighted by Gasteiger charge is 2.27. The molecule has 0 aliphatic carbocycles. The average Bonchev–Trinajstić information content (AvgIpc) is 2.75. The van der Waals surface area contributed by atoms with E-state index in [9.17, 15) is 4.79 Å². The molecule has 0 N–H and O–H groups in total. The van der Waals surface area contributed by atoms with Crippen molar-refractivity contribution in [2.24, 2.45) is 0 Å². The van der Waals surface area contributed by atoms with E-state index < -0.39 is 0 Å². The fraction of sp³-hybridized carbons (Fsp3) is 0.636. The molecule has 1 unspecified atom stereocenters. The number of likely N-dealkylation sites (tertiary alicyclic amines) is 1. The van der Waals surface area contributed by atoms with Gasteiger partial charge in [0.15, 0.2) is 0 Å². The minimum atomic E-state index is 0.148. The molecule has 1 fully saturated rings. The number of hydrogen-bond acceptors (Lipinski definition) is 3. The smallest absolute Gasteiger partial charge is 0.265 e. The minimum Gasteiger partial charge on any atom is -0.334 e. The van der Waals surface area contributed by atoms with Gasteiger partial charge in [-0.05, 0) is 26.2 Å². The Balaban J connectivity index is 2.13. The quantitative estimate of drug-likeness (QED) is 0.787. The van der Waals surface area contributed by atoms with Crippen molar-refractivity contribution in [3.63, 3.8) is 0 Å². The van der Waals surface area contributed by atoms with Crippen LogP contribution in [-0.4, -0.2) is 33.7 Å². The van der Waals surface area contributed by atoms with Gasteiger partial charge in [0.05, 0.1) is 11.2 Å². The Morgan fingerprint density at radius 2 is 2.50 bits per heavy atom. The lowest BCUT2D eigenvalue weighted by atomic mass is 10.0. The van der Waals surface area contributed by atoms with Gasteiger partial charge in [0.25, 0.3) is 5.91 Å². The van der Waals surface area contributed by atoms with Crippen molar-refractivity contribution in [3.05, 3.63) is 16.1 Å². The second-order valence-corrected chi connectivity index (χ2v) is 5.93. The van der Waals surface area contributed by atoms with Crippen LogP contribution in [0.25, 0.3) is 0 Å². The summed E-state index contributed by atoms with van der Waals surface area (Å²) in [5, 5.41) is 1.83. The summed E-state index contributed by atoms with van der Waals surface area (Å²) < 4.78 is 0. The summed E-state index contributed by atoms with van der Waals surface area (Å²) in [6.07, 6.45) is 5.14. The first-order valence-electron chi connectivity index (χ1n) is 5.51. The fourth-order valence-corrected chi connectivity index (χ4v) is 3.44. The number of rotatable bonds is 2. The molecule has 0 radical (unpaired) electrons. The first kappa shape index (κ1) is 12.0. The molecule has 1 amide bonds. The van der Waals surface area contributed by atoms with E-state index in [2.05, 4.69) is 20.9 Å². The van der Waals surface area contributed by atoms with E-state index in [-0.39, 0.29) is 5.91 Å². The Kier molecular flexibility index (Phi) is 3.97. The van der Waals surface area contributed by atoms with Gasteiger partial charge in [0, 0.05) is 17.9 Å². The Morgan fingerprint density at radius 3 is 3.12 bits per heavy atom. The number of carbonyl (C=O) groups excluding carboxylic acids is 1. The molecule has 0 aromatic carbocycles. The summed E-state index contributed by atoms with van der Waals surface area (Å²) in [7, 11) is 0. The molecule has 0 spiro atoms. The van der Waals surface area contributed by atoms with E-state index in [1.165, 1.54) is 17.8 Å². The van der Waals surface area contributed by atoms with E-state index in [4.69, 9.17) is 0 Å². The maximum Gasteiger partial charge on any atom is 0.265 e. The third-order valence-corrected chi connectivity index (χ3v) is 4.55. The van der Waals surface area contributed by atoms with Crippen LogP contribution in [0.4, 0.5) is 0 Å². The van der Waals surface area contributed by atoms with Crippen LogP contribution >= 0.6 is 27.3 Å². The summed E-state index contributed by atoms with van der Waals surface area (Å²) in [6, 6.07) is 0.351. The highest BCUT2D eigenvalue weighted by atomic mass is 79.9. The van der Waals surface area contributed by atoms with Crippen molar-refractivity contribution in [3.8, 4) is 0 Å². The predicted octanol–water partition coefficient (Wildman–Crippen LogP) is 2.84. The average molecular weight is 303 g/mol. The first-order chi connectivity index (χ1) is 7.72.